The molecule has 6 heteroatoms. The van der Waals surface area contributed by atoms with E-state index in [0.717, 1.165) is 89.9 Å². The number of esters is 3. The van der Waals surface area contributed by atoms with Crippen molar-refractivity contribution < 1.29 is 28.6 Å². The normalized spacial score (nSPS) is 12.4. The van der Waals surface area contributed by atoms with Gasteiger partial charge in [-0.05, 0) is 103 Å². The fourth-order valence-corrected chi connectivity index (χ4v) is 7.28. The second-order valence-electron chi connectivity index (χ2n) is 17.4. The van der Waals surface area contributed by atoms with E-state index in [-0.39, 0.29) is 31.1 Å². The smallest absolute Gasteiger partial charge is 0.306 e. The lowest BCUT2D eigenvalue weighted by atomic mass is 10.1. The number of carbonyl (C=O) groups excluding carboxylic acids is 3. The number of rotatable bonds is 47. The number of hydrogen-bond acceptors (Lipinski definition) is 6. The second kappa shape index (κ2) is 50.0. The molecule has 0 aromatic rings. The van der Waals surface area contributed by atoms with Crippen LogP contribution in [-0.4, -0.2) is 37.2 Å². The Morgan fingerprint density at radius 2 is 0.590 bits per heavy atom. The van der Waals surface area contributed by atoms with E-state index in [0.29, 0.717) is 19.3 Å². The van der Waals surface area contributed by atoms with Crippen LogP contribution in [0.4, 0.5) is 0 Å². The van der Waals surface area contributed by atoms with E-state index < -0.39 is 6.10 Å². The summed E-state index contributed by atoms with van der Waals surface area (Å²) in [4.78, 5) is 38.0. The Kier molecular flexibility index (Phi) is 47.9. The van der Waals surface area contributed by atoms with Gasteiger partial charge in [0.15, 0.2) is 6.10 Å². The molecule has 0 aliphatic carbocycles. The van der Waals surface area contributed by atoms with Gasteiger partial charge in [-0.2, -0.15) is 0 Å². The predicted molar refractivity (Wildman–Crippen MR) is 261 cm³/mol. The molecular formula is C55H98O6. The molecule has 0 radical (unpaired) electrons. The molecule has 6 nitrogen and oxygen atoms in total. The zero-order chi connectivity index (χ0) is 44.4. The third-order valence-electron chi connectivity index (χ3n) is 11.3. The van der Waals surface area contributed by atoms with Gasteiger partial charge in [0, 0.05) is 19.3 Å². The average Bonchev–Trinajstić information content (AvgIpc) is 3.26. The van der Waals surface area contributed by atoms with E-state index in [1.165, 1.54) is 135 Å². The van der Waals surface area contributed by atoms with Crippen molar-refractivity contribution in [1.82, 2.24) is 0 Å². The number of unbranched alkanes of at least 4 members (excludes halogenated alkanes) is 28. The molecule has 0 unspecified atom stereocenters. The predicted octanol–water partition coefficient (Wildman–Crippen LogP) is 17.1. The first-order chi connectivity index (χ1) is 30.0. The summed E-state index contributed by atoms with van der Waals surface area (Å²) >= 11 is 0. The van der Waals surface area contributed by atoms with Crippen molar-refractivity contribution in [3.63, 3.8) is 0 Å². The van der Waals surface area contributed by atoms with Gasteiger partial charge in [-0.3, -0.25) is 14.4 Å². The molecule has 0 rings (SSSR count). The van der Waals surface area contributed by atoms with E-state index in [4.69, 9.17) is 14.2 Å². The van der Waals surface area contributed by atoms with Gasteiger partial charge in [-0.1, -0.05) is 191 Å². The monoisotopic (exact) mass is 855 g/mol. The van der Waals surface area contributed by atoms with Crippen LogP contribution in [0.1, 0.15) is 265 Å². The van der Waals surface area contributed by atoms with E-state index in [1.54, 1.807) is 0 Å². The summed E-state index contributed by atoms with van der Waals surface area (Å²) in [5, 5.41) is 0. The Hall–Kier alpha value is -2.63. The molecule has 0 amide bonds. The molecule has 0 fully saturated rings. The van der Waals surface area contributed by atoms with Crippen LogP contribution >= 0.6 is 0 Å². The molecule has 0 aromatic heterocycles. The maximum Gasteiger partial charge on any atom is 0.306 e. The highest BCUT2D eigenvalue weighted by molar-refractivity contribution is 5.71. The summed E-state index contributed by atoms with van der Waals surface area (Å²) in [6.45, 7) is 6.57. The molecule has 61 heavy (non-hydrogen) atoms. The van der Waals surface area contributed by atoms with Crippen LogP contribution in [0.25, 0.3) is 0 Å². The topological polar surface area (TPSA) is 78.9 Å². The van der Waals surface area contributed by atoms with Crippen molar-refractivity contribution in [1.29, 1.82) is 0 Å². The average molecular weight is 855 g/mol. The quantitative estimate of drug-likeness (QED) is 0.0263. The molecule has 0 heterocycles. The van der Waals surface area contributed by atoms with Crippen LogP contribution < -0.4 is 0 Å². The van der Waals surface area contributed by atoms with Crippen LogP contribution in [0.3, 0.4) is 0 Å². The molecule has 0 aliphatic heterocycles. The van der Waals surface area contributed by atoms with Crippen molar-refractivity contribution in [2.24, 2.45) is 0 Å². The van der Waals surface area contributed by atoms with Gasteiger partial charge in [0.2, 0.25) is 0 Å². The minimum Gasteiger partial charge on any atom is -0.462 e. The highest BCUT2D eigenvalue weighted by Gasteiger charge is 2.19. The van der Waals surface area contributed by atoms with Gasteiger partial charge in [-0.15, -0.1) is 0 Å². The summed E-state index contributed by atoms with van der Waals surface area (Å²) in [5.41, 5.74) is 0. The lowest BCUT2D eigenvalue weighted by molar-refractivity contribution is -0.167. The van der Waals surface area contributed by atoms with Gasteiger partial charge in [0.1, 0.15) is 13.2 Å². The van der Waals surface area contributed by atoms with E-state index >= 15 is 0 Å². The molecule has 0 saturated heterocycles. The first-order valence-corrected chi connectivity index (χ1v) is 26.1. The van der Waals surface area contributed by atoms with E-state index in [2.05, 4.69) is 69.4 Å². The maximum atomic E-state index is 12.8. The van der Waals surface area contributed by atoms with Gasteiger partial charge in [0.05, 0.1) is 0 Å². The van der Waals surface area contributed by atoms with Crippen LogP contribution in [0.2, 0.25) is 0 Å². The lowest BCUT2D eigenvalue weighted by Gasteiger charge is -2.18. The number of allylic oxidation sites excluding steroid dienone is 8. The fourth-order valence-electron chi connectivity index (χ4n) is 7.28. The molecular weight excluding hydrogens is 757 g/mol. The molecule has 1 atom stereocenters. The Morgan fingerprint density at radius 3 is 0.951 bits per heavy atom. The lowest BCUT2D eigenvalue weighted by Crippen LogP contribution is -2.30. The highest BCUT2D eigenvalue weighted by Crippen LogP contribution is 2.14. The summed E-state index contributed by atoms with van der Waals surface area (Å²) in [7, 11) is 0. The first kappa shape index (κ1) is 58.4. The Labute approximate surface area is 378 Å². The van der Waals surface area contributed by atoms with Crippen LogP contribution in [-0.2, 0) is 28.6 Å². The molecule has 0 saturated carbocycles. The molecule has 354 valence electrons. The van der Waals surface area contributed by atoms with E-state index in [1.807, 2.05) is 0 Å². The van der Waals surface area contributed by atoms with E-state index in [9.17, 15) is 14.4 Å². The van der Waals surface area contributed by atoms with Gasteiger partial charge >= 0.3 is 17.9 Å². The van der Waals surface area contributed by atoms with Gasteiger partial charge in [-0.25, -0.2) is 0 Å². The Morgan fingerprint density at radius 1 is 0.328 bits per heavy atom. The second-order valence-corrected chi connectivity index (χ2v) is 17.4. The molecule has 0 spiro atoms. The SMILES string of the molecule is CCCCC/C=C\C/C=C\CCCCCCCC(=O)OC[C@@H](COC(=O)CCCCCCCCC/C=C\CCCCCC)OC(=O)CCCCCCC/C=C\CCCCCC. The summed E-state index contributed by atoms with van der Waals surface area (Å²) < 4.78 is 16.8. The Bertz CT molecular complexity index is 1070. The third kappa shape index (κ3) is 48.3. The number of hydrogen-bond donors (Lipinski definition) is 0. The van der Waals surface area contributed by atoms with Gasteiger partial charge < -0.3 is 14.2 Å². The fraction of sp³-hybridized carbons (Fsp3) is 0.800. The standard InChI is InChI=1S/C55H98O6/c1-4-7-10-13-16-19-22-25-27-30-32-35-38-41-44-47-53(56)59-50-52(61-55(58)49-46-43-40-37-34-29-24-21-18-15-12-9-6-3)51-60-54(57)48-45-42-39-36-33-31-28-26-23-20-17-14-11-8-5-2/h16,19-21,23-25,27,52H,4-15,17-18,22,26,28-51H2,1-3H3/b19-16-,23-20-,24-21-,27-25-/t52-/m0/s1. The zero-order valence-corrected chi connectivity index (χ0v) is 40.4. The molecule has 0 bridgehead atoms. The van der Waals surface area contributed by atoms with Crippen LogP contribution in [0, 0.1) is 0 Å². The molecule has 0 aliphatic rings. The first-order valence-electron chi connectivity index (χ1n) is 26.1. The van der Waals surface area contributed by atoms with Crippen LogP contribution in [0.15, 0.2) is 48.6 Å². The zero-order valence-electron chi connectivity index (χ0n) is 40.4. The van der Waals surface area contributed by atoms with Crippen molar-refractivity contribution in [2.45, 2.75) is 271 Å². The highest BCUT2D eigenvalue weighted by atomic mass is 16.6. The molecule has 0 N–H and O–H groups in total. The maximum absolute atomic E-state index is 12.8. The van der Waals surface area contributed by atoms with Crippen molar-refractivity contribution in [3.05, 3.63) is 48.6 Å². The minimum atomic E-state index is -0.783. The summed E-state index contributed by atoms with van der Waals surface area (Å²) in [5.74, 6) is -0.903. The molecule has 0 aromatic carbocycles. The van der Waals surface area contributed by atoms with Gasteiger partial charge in [0.25, 0.3) is 0 Å². The van der Waals surface area contributed by atoms with Crippen molar-refractivity contribution in [3.8, 4) is 0 Å². The minimum absolute atomic E-state index is 0.0825. The summed E-state index contributed by atoms with van der Waals surface area (Å²) in [6.07, 6.45) is 59.4. The number of carbonyl (C=O) groups is 3. The Balaban J connectivity index is 4.40. The van der Waals surface area contributed by atoms with Crippen molar-refractivity contribution >= 4 is 17.9 Å². The number of ether oxygens (including phenoxy) is 3. The summed E-state index contributed by atoms with van der Waals surface area (Å²) in [6, 6.07) is 0. The van der Waals surface area contributed by atoms with Crippen molar-refractivity contribution in [2.75, 3.05) is 13.2 Å². The largest absolute Gasteiger partial charge is 0.462 e. The van der Waals surface area contributed by atoms with Crippen LogP contribution in [0.5, 0.6) is 0 Å². The third-order valence-corrected chi connectivity index (χ3v) is 11.3.